The highest BCUT2D eigenvalue weighted by molar-refractivity contribution is 7.89. The lowest BCUT2D eigenvalue weighted by molar-refractivity contribution is 0.397. The van der Waals surface area contributed by atoms with Crippen LogP contribution >= 0.6 is 0 Å². The summed E-state index contributed by atoms with van der Waals surface area (Å²) in [5, 5.41) is 0. The van der Waals surface area contributed by atoms with Crippen molar-refractivity contribution in [2.45, 2.75) is 17.9 Å². The molecule has 6 nitrogen and oxygen atoms in total. The van der Waals surface area contributed by atoms with E-state index in [-0.39, 0.29) is 4.90 Å². The topological polar surface area (TPSA) is 84.7 Å². The first-order chi connectivity index (χ1) is 9.40. The SMILES string of the molecule is COc1cc(CN)ccc1S(=O)(=O)NCCCN(C)C. The van der Waals surface area contributed by atoms with Gasteiger partial charge in [0.15, 0.2) is 0 Å². The molecule has 1 rings (SSSR count). The van der Waals surface area contributed by atoms with E-state index in [1.165, 1.54) is 13.2 Å². The zero-order chi connectivity index (χ0) is 15.2. The smallest absolute Gasteiger partial charge is 0.244 e. The molecule has 0 aliphatic rings. The van der Waals surface area contributed by atoms with Crippen molar-refractivity contribution in [2.24, 2.45) is 5.73 Å². The third kappa shape index (κ3) is 4.75. The van der Waals surface area contributed by atoms with Gasteiger partial charge in [0.2, 0.25) is 10.0 Å². The number of benzene rings is 1. The van der Waals surface area contributed by atoms with E-state index in [0.29, 0.717) is 18.8 Å². The zero-order valence-corrected chi connectivity index (χ0v) is 13.0. The molecule has 0 spiro atoms. The Balaban J connectivity index is 2.81. The number of ether oxygens (including phenoxy) is 1. The van der Waals surface area contributed by atoms with E-state index >= 15 is 0 Å². The van der Waals surface area contributed by atoms with E-state index in [4.69, 9.17) is 10.5 Å². The van der Waals surface area contributed by atoms with Crippen LogP contribution in [0.4, 0.5) is 0 Å². The molecule has 0 saturated heterocycles. The van der Waals surface area contributed by atoms with Crippen LogP contribution < -0.4 is 15.2 Å². The van der Waals surface area contributed by atoms with Gasteiger partial charge in [-0.1, -0.05) is 6.07 Å². The fourth-order valence-corrected chi connectivity index (χ4v) is 2.96. The molecule has 114 valence electrons. The summed E-state index contributed by atoms with van der Waals surface area (Å²) in [6.07, 6.45) is 0.745. The van der Waals surface area contributed by atoms with E-state index in [9.17, 15) is 8.42 Å². The number of hydrogen-bond donors (Lipinski definition) is 2. The van der Waals surface area contributed by atoms with E-state index in [1.54, 1.807) is 12.1 Å². The maximum atomic E-state index is 12.2. The molecule has 0 amide bonds. The summed E-state index contributed by atoms with van der Waals surface area (Å²) in [4.78, 5) is 2.15. The Morgan fingerprint density at radius 2 is 2.05 bits per heavy atom. The lowest BCUT2D eigenvalue weighted by Crippen LogP contribution is -2.27. The summed E-state index contributed by atoms with van der Waals surface area (Å²) in [7, 11) is 1.78. The zero-order valence-electron chi connectivity index (χ0n) is 12.2. The number of nitrogens with two attached hydrogens (primary N) is 1. The van der Waals surface area contributed by atoms with Crippen molar-refractivity contribution >= 4 is 10.0 Å². The summed E-state index contributed by atoms with van der Waals surface area (Å²) in [5.41, 5.74) is 6.36. The summed E-state index contributed by atoms with van der Waals surface area (Å²) < 4.78 is 32.2. The van der Waals surface area contributed by atoms with Gasteiger partial charge in [-0.15, -0.1) is 0 Å². The van der Waals surface area contributed by atoms with Gasteiger partial charge in [-0.05, 0) is 44.8 Å². The average Bonchev–Trinajstić information content (AvgIpc) is 2.42. The van der Waals surface area contributed by atoms with Crippen LogP contribution in [-0.4, -0.2) is 47.6 Å². The van der Waals surface area contributed by atoms with Gasteiger partial charge in [-0.25, -0.2) is 13.1 Å². The van der Waals surface area contributed by atoms with Gasteiger partial charge in [-0.2, -0.15) is 0 Å². The summed E-state index contributed by atoms with van der Waals surface area (Å²) in [6, 6.07) is 4.86. The second-order valence-corrected chi connectivity index (χ2v) is 6.48. The number of nitrogens with zero attached hydrogens (tertiary/aromatic N) is 1. The maximum Gasteiger partial charge on any atom is 0.244 e. The van der Waals surface area contributed by atoms with E-state index < -0.39 is 10.0 Å². The minimum Gasteiger partial charge on any atom is -0.495 e. The standard InChI is InChI=1S/C13H23N3O3S/c1-16(2)8-4-7-15-20(17,18)13-6-5-11(10-14)9-12(13)19-3/h5-6,9,15H,4,7-8,10,14H2,1-3H3. The molecular formula is C13H23N3O3S. The van der Waals surface area contributed by atoms with Gasteiger partial charge in [0.1, 0.15) is 10.6 Å². The Hall–Kier alpha value is -1.15. The Morgan fingerprint density at radius 1 is 1.35 bits per heavy atom. The molecule has 3 N–H and O–H groups in total. The van der Waals surface area contributed by atoms with Crippen LogP contribution in [0.15, 0.2) is 23.1 Å². The fraction of sp³-hybridized carbons (Fsp3) is 0.538. The molecule has 1 aromatic rings. The van der Waals surface area contributed by atoms with Crippen LogP contribution in [0.1, 0.15) is 12.0 Å². The fourth-order valence-electron chi connectivity index (χ4n) is 1.74. The van der Waals surface area contributed by atoms with Crippen molar-refractivity contribution in [1.82, 2.24) is 9.62 Å². The van der Waals surface area contributed by atoms with Crippen molar-refractivity contribution in [2.75, 3.05) is 34.3 Å². The van der Waals surface area contributed by atoms with E-state index in [0.717, 1.165) is 18.5 Å². The maximum absolute atomic E-state index is 12.2. The molecule has 20 heavy (non-hydrogen) atoms. The summed E-state index contributed by atoms with van der Waals surface area (Å²) >= 11 is 0. The second kappa shape index (κ2) is 7.58. The number of nitrogens with one attached hydrogen (secondary N) is 1. The van der Waals surface area contributed by atoms with Crippen molar-refractivity contribution < 1.29 is 13.2 Å². The van der Waals surface area contributed by atoms with Crippen LogP contribution in [0.5, 0.6) is 5.75 Å². The van der Waals surface area contributed by atoms with Crippen molar-refractivity contribution in [1.29, 1.82) is 0 Å². The predicted molar refractivity (Wildman–Crippen MR) is 79.2 cm³/mol. The molecule has 0 aliphatic carbocycles. The number of rotatable bonds is 8. The lowest BCUT2D eigenvalue weighted by atomic mass is 10.2. The molecule has 7 heteroatoms. The number of hydrogen-bond acceptors (Lipinski definition) is 5. The Kier molecular flexibility index (Phi) is 6.41. The quantitative estimate of drug-likeness (QED) is 0.678. The summed E-state index contributed by atoms with van der Waals surface area (Å²) in [5.74, 6) is 0.313. The molecule has 0 fully saturated rings. The van der Waals surface area contributed by atoms with Crippen molar-refractivity contribution in [3.05, 3.63) is 23.8 Å². The molecule has 1 aromatic carbocycles. The van der Waals surface area contributed by atoms with Crippen molar-refractivity contribution in [3.8, 4) is 5.75 Å². The number of methoxy groups -OCH3 is 1. The molecule has 0 aromatic heterocycles. The highest BCUT2D eigenvalue weighted by Crippen LogP contribution is 2.24. The summed E-state index contributed by atoms with van der Waals surface area (Å²) in [6.45, 7) is 1.56. The van der Waals surface area contributed by atoms with Gasteiger partial charge in [0, 0.05) is 13.1 Å². The first-order valence-electron chi connectivity index (χ1n) is 6.42. The van der Waals surface area contributed by atoms with Crippen LogP contribution in [0, 0.1) is 0 Å². The molecule has 0 aliphatic heterocycles. The lowest BCUT2D eigenvalue weighted by Gasteiger charge is -2.13. The predicted octanol–water partition coefficient (Wildman–Crippen LogP) is 0.384. The normalized spacial score (nSPS) is 11.8. The molecule has 0 heterocycles. The molecular weight excluding hydrogens is 278 g/mol. The van der Waals surface area contributed by atoms with Gasteiger partial charge in [0.05, 0.1) is 7.11 Å². The minimum absolute atomic E-state index is 0.141. The minimum atomic E-state index is -3.56. The largest absolute Gasteiger partial charge is 0.495 e. The average molecular weight is 301 g/mol. The third-order valence-corrected chi connectivity index (χ3v) is 4.33. The highest BCUT2D eigenvalue weighted by atomic mass is 32.2. The van der Waals surface area contributed by atoms with Crippen LogP contribution in [-0.2, 0) is 16.6 Å². The first-order valence-corrected chi connectivity index (χ1v) is 7.90. The molecule has 0 bridgehead atoms. The van der Waals surface area contributed by atoms with Gasteiger partial charge in [0.25, 0.3) is 0 Å². The van der Waals surface area contributed by atoms with Gasteiger partial charge in [-0.3, -0.25) is 0 Å². The highest BCUT2D eigenvalue weighted by Gasteiger charge is 2.19. The first kappa shape index (κ1) is 16.9. The van der Waals surface area contributed by atoms with E-state index in [1.807, 2.05) is 19.0 Å². The van der Waals surface area contributed by atoms with Crippen LogP contribution in [0.2, 0.25) is 0 Å². The van der Waals surface area contributed by atoms with Crippen LogP contribution in [0.3, 0.4) is 0 Å². The van der Waals surface area contributed by atoms with E-state index in [2.05, 4.69) is 4.72 Å². The molecule has 0 unspecified atom stereocenters. The Labute approximate surface area is 121 Å². The van der Waals surface area contributed by atoms with Crippen molar-refractivity contribution in [3.63, 3.8) is 0 Å². The Morgan fingerprint density at radius 3 is 2.60 bits per heavy atom. The van der Waals surface area contributed by atoms with Gasteiger partial charge < -0.3 is 15.4 Å². The molecule has 0 radical (unpaired) electrons. The number of sulfonamides is 1. The molecule has 0 atom stereocenters. The molecule has 0 saturated carbocycles. The monoisotopic (exact) mass is 301 g/mol. The Bertz CT molecular complexity index is 530. The van der Waals surface area contributed by atoms with Crippen LogP contribution in [0.25, 0.3) is 0 Å². The second-order valence-electron chi connectivity index (χ2n) is 4.74. The third-order valence-electron chi connectivity index (χ3n) is 2.83. The van der Waals surface area contributed by atoms with Gasteiger partial charge >= 0.3 is 0 Å².